The van der Waals surface area contributed by atoms with E-state index in [0.717, 1.165) is 32.5 Å². The third-order valence-electron chi connectivity index (χ3n) is 3.77. The molecule has 0 radical (unpaired) electrons. The van der Waals surface area contributed by atoms with Gasteiger partial charge >= 0.3 is 0 Å². The van der Waals surface area contributed by atoms with Crippen LogP contribution < -0.4 is 10.6 Å². The van der Waals surface area contributed by atoms with Crippen molar-refractivity contribution >= 4 is 5.91 Å². The molecule has 4 nitrogen and oxygen atoms in total. The molecular formula is C13H25N3O. The standard InChI is InChI=1S/C13H25N3O/c1-11(10-16-7-2-3-8-16)9-15-13(17)12-5-4-6-14-12/h11-12,14H,2-10H2,1H3,(H,15,17)/t11?,12-/m1/s1. The van der Waals surface area contributed by atoms with Crippen molar-refractivity contribution in [3.63, 3.8) is 0 Å². The van der Waals surface area contributed by atoms with E-state index in [4.69, 9.17) is 0 Å². The lowest BCUT2D eigenvalue weighted by molar-refractivity contribution is -0.122. The number of amides is 1. The number of nitrogens with one attached hydrogen (secondary N) is 2. The van der Waals surface area contributed by atoms with Gasteiger partial charge in [-0.1, -0.05) is 6.92 Å². The SMILES string of the molecule is CC(CNC(=O)[C@H]1CCCN1)CN1CCCC1. The molecule has 0 aromatic carbocycles. The van der Waals surface area contributed by atoms with Gasteiger partial charge in [-0.15, -0.1) is 0 Å². The molecule has 0 aromatic rings. The van der Waals surface area contributed by atoms with E-state index >= 15 is 0 Å². The van der Waals surface area contributed by atoms with Crippen LogP contribution in [-0.4, -0.2) is 49.6 Å². The molecule has 0 aromatic heterocycles. The first-order chi connectivity index (χ1) is 8.25. The second kappa shape index (κ2) is 6.36. The van der Waals surface area contributed by atoms with E-state index in [9.17, 15) is 4.79 Å². The Hall–Kier alpha value is -0.610. The van der Waals surface area contributed by atoms with Gasteiger partial charge < -0.3 is 15.5 Å². The lowest BCUT2D eigenvalue weighted by Crippen LogP contribution is -2.43. The van der Waals surface area contributed by atoms with Gasteiger partial charge in [0.15, 0.2) is 0 Å². The summed E-state index contributed by atoms with van der Waals surface area (Å²) in [6.07, 6.45) is 4.80. The number of carbonyl (C=O) groups is 1. The minimum absolute atomic E-state index is 0.0639. The molecule has 4 heteroatoms. The first-order valence-corrected chi connectivity index (χ1v) is 6.99. The zero-order chi connectivity index (χ0) is 12.1. The summed E-state index contributed by atoms with van der Waals surface area (Å²) in [5.74, 6) is 0.745. The van der Waals surface area contributed by atoms with Crippen LogP contribution in [0.2, 0.25) is 0 Å². The number of likely N-dealkylation sites (tertiary alicyclic amines) is 1. The summed E-state index contributed by atoms with van der Waals surface area (Å²) in [7, 11) is 0. The number of nitrogens with zero attached hydrogens (tertiary/aromatic N) is 1. The summed E-state index contributed by atoms with van der Waals surface area (Å²) in [5.41, 5.74) is 0. The van der Waals surface area contributed by atoms with Crippen molar-refractivity contribution in [1.29, 1.82) is 0 Å². The van der Waals surface area contributed by atoms with Crippen LogP contribution in [0.1, 0.15) is 32.6 Å². The summed E-state index contributed by atoms with van der Waals surface area (Å²) >= 11 is 0. The average Bonchev–Trinajstić information content (AvgIpc) is 2.97. The maximum Gasteiger partial charge on any atom is 0.237 e. The predicted octanol–water partition coefficient (Wildman–Crippen LogP) is 0.587. The van der Waals surface area contributed by atoms with E-state index in [-0.39, 0.29) is 11.9 Å². The molecule has 0 bridgehead atoms. The van der Waals surface area contributed by atoms with Gasteiger partial charge in [-0.25, -0.2) is 0 Å². The van der Waals surface area contributed by atoms with Gasteiger partial charge in [0, 0.05) is 13.1 Å². The smallest absolute Gasteiger partial charge is 0.237 e. The van der Waals surface area contributed by atoms with Gasteiger partial charge in [0.2, 0.25) is 5.91 Å². The summed E-state index contributed by atoms with van der Waals surface area (Å²) in [4.78, 5) is 14.3. The minimum Gasteiger partial charge on any atom is -0.354 e. The lowest BCUT2D eigenvalue weighted by atomic mass is 10.1. The molecule has 2 aliphatic heterocycles. The van der Waals surface area contributed by atoms with E-state index in [1.807, 2.05) is 0 Å². The number of rotatable bonds is 5. The maximum absolute atomic E-state index is 11.8. The predicted molar refractivity (Wildman–Crippen MR) is 68.9 cm³/mol. The van der Waals surface area contributed by atoms with E-state index < -0.39 is 0 Å². The molecule has 2 heterocycles. The van der Waals surface area contributed by atoms with E-state index in [1.165, 1.54) is 25.9 Å². The molecule has 2 atom stereocenters. The van der Waals surface area contributed by atoms with E-state index in [1.54, 1.807) is 0 Å². The van der Waals surface area contributed by atoms with Crippen LogP contribution in [0.25, 0.3) is 0 Å². The lowest BCUT2D eigenvalue weighted by Gasteiger charge is -2.21. The molecule has 1 unspecified atom stereocenters. The molecule has 0 aliphatic carbocycles. The monoisotopic (exact) mass is 239 g/mol. The number of carbonyl (C=O) groups excluding carboxylic acids is 1. The van der Waals surface area contributed by atoms with Gasteiger partial charge in [-0.3, -0.25) is 4.79 Å². The van der Waals surface area contributed by atoms with Crippen molar-refractivity contribution in [2.45, 2.75) is 38.6 Å². The van der Waals surface area contributed by atoms with Gasteiger partial charge in [-0.2, -0.15) is 0 Å². The molecule has 2 rings (SSSR count). The molecule has 2 N–H and O–H groups in total. The molecule has 1 amide bonds. The summed E-state index contributed by atoms with van der Waals surface area (Å²) in [6, 6.07) is 0.0639. The van der Waals surface area contributed by atoms with Gasteiger partial charge in [-0.05, 0) is 51.2 Å². The second-order valence-corrected chi connectivity index (χ2v) is 5.51. The Morgan fingerprint density at radius 3 is 2.82 bits per heavy atom. The maximum atomic E-state index is 11.8. The minimum atomic E-state index is 0.0639. The highest BCUT2D eigenvalue weighted by atomic mass is 16.2. The third kappa shape index (κ3) is 3.96. The molecule has 0 saturated carbocycles. The van der Waals surface area contributed by atoms with Crippen LogP contribution in [0, 0.1) is 5.92 Å². The molecule has 17 heavy (non-hydrogen) atoms. The van der Waals surface area contributed by atoms with Crippen LogP contribution in [0.3, 0.4) is 0 Å². The van der Waals surface area contributed by atoms with Gasteiger partial charge in [0.1, 0.15) is 0 Å². The zero-order valence-corrected chi connectivity index (χ0v) is 10.9. The van der Waals surface area contributed by atoms with Crippen LogP contribution in [0.15, 0.2) is 0 Å². The summed E-state index contributed by atoms with van der Waals surface area (Å²) in [5, 5.41) is 6.30. The van der Waals surface area contributed by atoms with Crippen molar-refractivity contribution < 1.29 is 4.79 Å². The summed E-state index contributed by atoms with van der Waals surface area (Å²) in [6.45, 7) is 7.62. The molecule has 98 valence electrons. The Bertz CT molecular complexity index is 245. The topological polar surface area (TPSA) is 44.4 Å². The number of hydrogen-bond acceptors (Lipinski definition) is 3. The quantitative estimate of drug-likeness (QED) is 0.738. The highest BCUT2D eigenvalue weighted by Gasteiger charge is 2.22. The molecule has 2 fully saturated rings. The highest BCUT2D eigenvalue weighted by Crippen LogP contribution is 2.10. The van der Waals surface area contributed by atoms with E-state index in [2.05, 4.69) is 22.5 Å². The van der Waals surface area contributed by atoms with Crippen molar-refractivity contribution in [3.8, 4) is 0 Å². The average molecular weight is 239 g/mol. The first-order valence-electron chi connectivity index (χ1n) is 6.99. The molecule has 2 aliphatic rings. The van der Waals surface area contributed by atoms with Crippen LogP contribution in [-0.2, 0) is 4.79 Å². The fourth-order valence-corrected chi connectivity index (χ4v) is 2.78. The van der Waals surface area contributed by atoms with Gasteiger partial charge in [0.05, 0.1) is 6.04 Å². The fourth-order valence-electron chi connectivity index (χ4n) is 2.78. The Balaban J connectivity index is 1.61. The largest absolute Gasteiger partial charge is 0.354 e. The number of hydrogen-bond donors (Lipinski definition) is 2. The Morgan fingerprint density at radius 1 is 1.41 bits per heavy atom. The Labute approximate surface area is 104 Å². The Kier molecular flexibility index (Phi) is 4.80. The van der Waals surface area contributed by atoms with Crippen molar-refractivity contribution in [1.82, 2.24) is 15.5 Å². The normalized spacial score (nSPS) is 27.2. The molecular weight excluding hydrogens is 214 g/mol. The summed E-state index contributed by atoms with van der Waals surface area (Å²) < 4.78 is 0. The second-order valence-electron chi connectivity index (χ2n) is 5.51. The first kappa shape index (κ1) is 12.8. The van der Waals surface area contributed by atoms with Crippen molar-refractivity contribution in [3.05, 3.63) is 0 Å². The van der Waals surface area contributed by atoms with E-state index in [0.29, 0.717) is 5.92 Å². The molecule has 2 saturated heterocycles. The van der Waals surface area contributed by atoms with Crippen LogP contribution in [0.4, 0.5) is 0 Å². The fraction of sp³-hybridized carbons (Fsp3) is 0.923. The van der Waals surface area contributed by atoms with Crippen molar-refractivity contribution in [2.24, 2.45) is 5.92 Å². The van der Waals surface area contributed by atoms with Crippen molar-refractivity contribution in [2.75, 3.05) is 32.7 Å². The zero-order valence-electron chi connectivity index (χ0n) is 10.9. The van der Waals surface area contributed by atoms with Crippen LogP contribution >= 0.6 is 0 Å². The van der Waals surface area contributed by atoms with Crippen LogP contribution in [0.5, 0.6) is 0 Å². The third-order valence-corrected chi connectivity index (χ3v) is 3.77. The van der Waals surface area contributed by atoms with Gasteiger partial charge in [0.25, 0.3) is 0 Å². The molecule has 0 spiro atoms. The highest BCUT2D eigenvalue weighted by molar-refractivity contribution is 5.81. The Morgan fingerprint density at radius 2 is 2.18 bits per heavy atom.